The monoisotopic (exact) mass is 411 g/mol. The minimum absolute atomic E-state index is 0.0653. The number of aromatic amines is 1. The minimum Gasteiger partial charge on any atom is -0.324 e. The van der Waals surface area contributed by atoms with E-state index in [0.717, 1.165) is 29.4 Å². The van der Waals surface area contributed by atoms with Crippen molar-refractivity contribution in [2.24, 2.45) is 5.92 Å². The first-order valence-electron chi connectivity index (χ1n) is 9.95. The molecule has 1 unspecified atom stereocenters. The summed E-state index contributed by atoms with van der Waals surface area (Å²) in [6, 6.07) is 14.6. The predicted molar refractivity (Wildman–Crippen MR) is 114 cm³/mol. The summed E-state index contributed by atoms with van der Waals surface area (Å²) in [6.07, 6.45) is 6.09. The minimum atomic E-state index is -3.23. The van der Waals surface area contributed by atoms with Crippen molar-refractivity contribution in [2.45, 2.75) is 42.9 Å². The molecular weight excluding hydrogens is 386 g/mol. The summed E-state index contributed by atoms with van der Waals surface area (Å²) < 4.78 is 23.5. The SMILES string of the molecule is CS(=O)(=O)c1ccc(C(CC(=O)Nc2nc3ccccc3[nH]2)C2CCCC2)cc1. The number of rotatable bonds is 6. The molecule has 1 amide bonds. The molecule has 1 aliphatic carbocycles. The fourth-order valence-electron chi connectivity index (χ4n) is 4.27. The second-order valence-electron chi connectivity index (χ2n) is 7.85. The van der Waals surface area contributed by atoms with E-state index in [1.165, 1.54) is 19.1 Å². The van der Waals surface area contributed by atoms with Crippen molar-refractivity contribution >= 4 is 32.7 Å². The van der Waals surface area contributed by atoms with Gasteiger partial charge in [-0.05, 0) is 54.5 Å². The van der Waals surface area contributed by atoms with Crippen molar-refractivity contribution in [1.29, 1.82) is 0 Å². The lowest BCUT2D eigenvalue weighted by atomic mass is 9.82. The largest absolute Gasteiger partial charge is 0.324 e. The molecule has 29 heavy (non-hydrogen) atoms. The van der Waals surface area contributed by atoms with E-state index in [0.29, 0.717) is 23.2 Å². The number of benzene rings is 2. The molecule has 1 fully saturated rings. The molecule has 1 heterocycles. The van der Waals surface area contributed by atoms with Gasteiger partial charge in [-0.2, -0.15) is 0 Å². The van der Waals surface area contributed by atoms with E-state index in [4.69, 9.17) is 0 Å². The summed E-state index contributed by atoms with van der Waals surface area (Å²) in [4.78, 5) is 20.6. The highest BCUT2D eigenvalue weighted by atomic mass is 32.2. The van der Waals surface area contributed by atoms with E-state index in [-0.39, 0.29) is 11.8 Å². The Morgan fingerprint density at radius 2 is 1.83 bits per heavy atom. The molecule has 152 valence electrons. The number of carbonyl (C=O) groups is 1. The zero-order valence-electron chi connectivity index (χ0n) is 16.4. The van der Waals surface area contributed by atoms with Gasteiger partial charge in [-0.3, -0.25) is 10.1 Å². The maximum atomic E-state index is 12.8. The molecule has 0 saturated heterocycles. The Bertz CT molecular complexity index is 1080. The van der Waals surface area contributed by atoms with Crippen LogP contribution in [0.4, 0.5) is 5.95 Å². The Morgan fingerprint density at radius 1 is 1.14 bits per heavy atom. The van der Waals surface area contributed by atoms with Gasteiger partial charge in [-0.15, -0.1) is 0 Å². The van der Waals surface area contributed by atoms with E-state index in [2.05, 4.69) is 15.3 Å². The number of H-pyrrole nitrogens is 1. The molecule has 1 atom stereocenters. The molecule has 0 aliphatic heterocycles. The van der Waals surface area contributed by atoms with Gasteiger partial charge >= 0.3 is 0 Å². The smallest absolute Gasteiger partial charge is 0.227 e. The number of hydrogen-bond donors (Lipinski definition) is 2. The molecule has 2 N–H and O–H groups in total. The number of imidazole rings is 1. The molecule has 4 rings (SSSR count). The predicted octanol–water partition coefficient (Wildman–Crippen LogP) is 4.27. The van der Waals surface area contributed by atoms with Gasteiger partial charge in [0.15, 0.2) is 9.84 Å². The first kappa shape index (κ1) is 19.6. The van der Waals surface area contributed by atoms with Gasteiger partial charge in [0.1, 0.15) is 0 Å². The first-order valence-corrected chi connectivity index (χ1v) is 11.8. The Kier molecular flexibility index (Phi) is 5.41. The van der Waals surface area contributed by atoms with E-state index in [1.807, 2.05) is 36.4 Å². The van der Waals surface area contributed by atoms with Crippen LogP contribution in [-0.4, -0.2) is 30.5 Å². The van der Waals surface area contributed by atoms with Crippen molar-refractivity contribution in [2.75, 3.05) is 11.6 Å². The van der Waals surface area contributed by atoms with Gasteiger partial charge in [0.05, 0.1) is 15.9 Å². The van der Waals surface area contributed by atoms with Crippen LogP contribution in [0.1, 0.15) is 43.6 Å². The normalized spacial score (nSPS) is 16.2. The fraction of sp³-hybridized carbons (Fsp3) is 0.364. The summed E-state index contributed by atoms with van der Waals surface area (Å²) >= 11 is 0. The van der Waals surface area contributed by atoms with Crippen LogP contribution >= 0.6 is 0 Å². The van der Waals surface area contributed by atoms with Gasteiger partial charge in [-0.25, -0.2) is 13.4 Å². The van der Waals surface area contributed by atoms with Gasteiger partial charge in [0.25, 0.3) is 0 Å². The zero-order chi connectivity index (χ0) is 20.4. The molecule has 3 aromatic rings. The fourth-order valence-corrected chi connectivity index (χ4v) is 4.90. The number of nitrogens with one attached hydrogen (secondary N) is 2. The molecule has 6 nitrogen and oxygen atoms in total. The van der Waals surface area contributed by atoms with Crippen molar-refractivity contribution in [3.05, 3.63) is 54.1 Å². The van der Waals surface area contributed by atoms with Gasteiger partial charge < -0.3 is 4.98 Å². The Balaban J connectivity index is 1.53. The highest BCUT2D eigenvalue weighted by molar-refractivity contribution is 7.90. The Labute approximate surface area is 170 Å². The van der Waals surface area contributed by atoms with Crippen molar-refractivity contribution in [3.8, 4) is 0 Å². The maximum Gasteiger partial charge on any atom is 0.227 e. The molecule has 1 aliphatic rings. The average Bonchev–Trinajstić information content (AvgIpc) is 3.35. The maximum absolute atomic E-state index is 12.8. The lowest BCUT2D eigenvalue weighted by Crippen LogP contribution is -2.20. The van der Waals surface area contributed by atoms with Crippen LogP contribution in [0.5, 0.6) is 0 Å². The third-order valence-corrected chi connectivity index (χ3v) is 6.89. The number of aromatic nitrogens is 2. The number of sulfone groups is 1. The van der Waals surface area contributed by atoms with E-state index in [9.17, 15) is 13.2 Å². The van der Waals surface area contributed by atoms with E-state index >= 15 is 0 Å². The molecule has 0 radical (unpaired) electrons. The topological polar surface area (TPSA) is 91.9 Å². The molecule has 1 saturated carbocycles. The van der Waals surface area contributed by atoms with Crippen LogP contribution in [0.2, 0.25) is 0 Å². The molecule has 0 spiro atoms. The van der Waals surface area contributed by atoms with Crippen LogP contribution in [0.15, 0.2) is 53.4 Å². The summed E-state index contributed by atoms with van der Waals surface area (Å²) in [6.45, 7) is 0. The lowest BCUT2D eigenvalue weighted by Gasteiger charge is -2.23. The van der Waals surface area contributed by atoms with Crippen LogP contribution in [0.25, 0.3) is 11.0 Å². The molecule has 1 aromatic heterocycles. The zero-order valence-corrected chi connectivity index (χ0v) is 17.2. The van der Waals surface area contributed by atoms with E-state index < -0.39 is 9.84 Å². The van der Waals surface area contributed by atoms with Crippen LogP contribution in [-0.2, 0) is 14.6 Å². The molecule has 7 heteroatoms. The summed E-state index contributed by atoms with van der Waals surface area (Å²) in [5, 5.41) is 2.89. The lowest BCUT2D eigenvalue weighted by molar-refractivity contribution is -0.116. The van der Waals surface area contributed by atoms with Crippen LogP contribution in [0, 0.1) is 5.92 Å². The Hall–Kier alpha value is -2.67. The van der Waals surface area contributed by atoms with Crippen LogP contribution < -0.4 is 5.32 Å². The molecule has 2 aromatic carbocycles. The van der Waals surface area contributed by atoms with Gasteiger partial charge in [-0.1, -0.05) is 37.1 Å². The highest BCUT2D eigenvalue weighted by Crippen LogP contribution is 2.39. The number of nitrogens with zero attached hydrogens (tertiary/aromatic N) is 1. The second-order valence-corrected chi connectivity index (χ2v) is 9.86. The van der Waals surface area contributed by atoms with Crippen LogP contribution in [0.3, 0.4) is 0 Å². The number of carbonyl (C=O) groups excluding carboxylic acids is 1. The standard InChI is InChI=1S/C22H25N3O3S/c1-29(27,28)17-12-10-16(11-13-17)18(15-6-2-3-7-15)14-21(26)25-22-23-19-8-4-5-9-20(19)24-22/h4-5,8-13,15,18H,2-3,6-7,14H2,1H3,(H2,23,24,25,26). The summed E-state index contributed by atoms with van der Waals surface area (Å²) in [5.41, 5.74) is 2.71. The van der Waals surface area contributed by atoms with E-state index in [1.54, 1.807) is 12.1 Å². The van der Waals surface area contributed by atoms with Crippen molar-refractivity contribution < 1.29 is 13.2 Å². The third-order valence-electron chi connectivity index (χ3n) is 5.76. The molecular formula is C22H25N3O3S. The number of amides is 1. The van der Waals surface area contributed by atoms with Gasteiger partial charge in [0, 0.05) is 12.7 Å². The number of hydrogen-bond acceptors (Lipinski definition) is 4. The summed E-state index contributed by atoms with van der Waals surface area (Å²) in [7, 11) is -3.23. The second kappa shape index (κ2) is 7.99. The number of fused-ring (bicyclic) bond motifs is 1. The quantitative estimate of drug-likeness (QED) is 0.634. The Morgan fingerprint density at radius 3 is 2.48 bits per heavy atom. The van der Waals surface area contributed by atoms with Crippen molar-refractivity contribution in [1.82, 2.24) is 9.97 Å². The molecule has 0 bridgehead atoms. The van der Waals surface area contributed by atoms with Gasteiger partial charge in [0.2, 0.25) is 11.9 Å². The third kappa shape index (κ3) is 4.50. The summed E-state index contributed by atoms with van der Waals surface area (Å²) in [5.74, 6) is 0.859. The average molecular weight is 412 g/mol. The number of para-hydroxylation sites is 2. The highest BCUT2D eigenvalue weighted by Gasteiger charge is 2.28. The van der Waals surface area contributed by atoms with Crippen molar-refractivity contribution in [3.63, 3.8) is 0 Å². The number of anilines is 1. The first-order chi connectivity index (χ1) is 13.9.